The third kappa shape index (κ3) is 2.94. The van der Waals surface area contributed by atoms with Crippen molar-refractivity contribution in [3.63, 3.8) is 0 Å². The van der Waals surface area contributed by atoms with Gasteiger partial charge in [-0.3, -0.25) is 0 Å². The minimum Gasteiger partial charge on any atom is -0.493 e. The maximum absolute atomic E-state index is 10.6. The summed E-state index contributed by atoms with van der Waals surface area (Å²) in [6.45, 7) is 3.35. The van der Waals surface area contributed by atoms with Gasteiger partial charge in [-0.1, -0.05) is 0 Å². The number of ether oxygens (including phenoxy) is 2. The zero-order valence-electron chi connectivity index (χ0n) is 13.0. The second-order valence-corrected chi connectivity index (χ2v) is 5.01. The highest BCUT2D eigenvalue weighted by Gasteiger charge is 2.19. The summed E-state index contributed by atoms with van der Waals surface area (Å²) >= 11 is 0. The molecule has 2 aromatic rings. The van der Waals surface area contributed by atoms with Gasteiger partial charge in [-0.05, 0) is 6.07 Å². The molecule has 1 fully saturated rings. The minimum absolute atomic E-state index is 0.0910. The maximum atomic E-state index is 10.6. The zero-order valence-corrected chi connectivity index (χ0v) is 13.0. The van der Waals surface area contributed by atoms with E-state index < -0.39 is 0 Å². The second kappa shape index (κ2) is 6.60. The number of hydrogen-bond acceptors (Lipinski definition) is 8. The lowest BCUT2D eigenvalue weighted by Crippen LogP contribution is -2.44. The first-order chi connectivity index (χ1) is 11.3. The van der Waals surface area contributed by atoms with Gasteiger partial charge in [0, 0.05) is 37.6 Å². The van der Waals surface area contributed by atoms with Crippen molar-refractivity contribution in [2.45, 2.75) is 0 Å². The van der Waals surface area contributed by atoms with E-state index in [-0.39, 0.29) is 5.95 Å². The zero-order chi connectivity index (χ0) is 16.2. The van der Waals surface area contributed by atoms with Crippen molar-refractivity contribution in [2.75, 3.05) is 45.3 Å². The first-order valence-corrected chi connectivity index (χ1v) is 7.24. The van der Waals surface area contributed by atoms with Crippen LogP contribution in [0.1, 0.15) is 0 Å². The molecule has 0 radical (unpaired) electrons. The Morgan fingerprint density at radius 3 is 2.52 bits per heavy atom. The number of anilines is 1. The van der Waals surface area contributed by atoms with Crippen molar-refractivity contribution in [2.24, 2.45) is 4.99 Å². The quantitative estimate of drug-likeness (QED) is 0.665. The molecule has 8 nitrogen and oxygen atoms in total. The van der Waals surface area contributed by atoms with Crippen molar-refractivity contribution in [1.82, 2.24) is 15.3 Å². The first kappa shape index (κ1) is 15.2. The molecule has 23 heavy (non-hydrogen) atoms. The van der Waals surface area contributed by atoms with Crippen molar-refractivity contribution < 1.29 is 14.3 Å². The molecule has 1 saturated heterocycles. The Kier molecular flexibility index (Phi) is 4.36. The molecule has 1 aliphatic heterocycles. The smallest absolute Gasteiger partial charge is 0.263 e. The molecule has 0 spiro atoms. The van der Waals surface area contributed by atoms with Crippen molar-refractivity contribution in [3.05, 3.63) is 12.1 Å². The molecular formula is C15H17N5O3. The van der Waals surface area contributed by atoms with Crippen molar-refractivity contribution in [3.8, 4) is 11.5 Å². The van der Waals surface area contributed by atoms with Gasteiger partial charge in [0.05, 0.1) is 19.7 Å². The van der Waals surface area contributed by atoms with Gasteiger partial charge < -0.3 is 19.7 Å². The first-order valence-electron chi connectivity index (χ1n) is 7.24. The van der Waals surface area contributed by atoms with E-state index in [0.717, 1.165) is 37.4 Å². The number of methoxy groups -OCH3 is 2. The Morgan fingerprint density at radius 2 is 1.87 bits per heavy atom. The molecule has 0 bridgehead atoms. The van der Waals surface area contributed by atoms with E-state index in [2.05, 4.69) is 25.2 Å². The third-order valence-corrected chi connectivity index (χ3v) is 3.73. The van der Waals surface area contributed by atoms with Crippen LogP contribution < -0.4 is 19.7 Å². The molecule has 0 aliphatic carbocycles. The number of piperazine rings is 1. The predicted molar refractivity (Wildman–Crippen MR) is 85.5 cm³/mol. The average Bonchev–Trinajstić information content (AvgIpc) is 2.61. The summed E-state index contributed by atoms with van der Waals surface area (Å²) in [6, 6.07) is 3.60. The van der Waals surface area contributed by atoms with E-state index in [0.29, 0.717) is 17.0 Å². The van der Waals surface area contributed by atoms with Gasteiger partial charge >= 0.3 is 0 Å². The molecule has 1 N–H and O–H groups in total. The standard InChI is InChI=1S/C15H17N5O3/c1-22-12-7-10-11(8-13(12)23-2)18-15(17-9-21)19-14(10)20-5-3-16-4-6-20/h7-8,16H,3-6H2,1-2H3. The minimum atomic E-state index is 0.0910. The SMILES string of the molecule is COc1cc2nc(N=C=O)nc(N3CCNCC3)c2cc1OC. The number of carbonyl (C=O) groups excluding carboxylic acids is 1. The van der Waals surface area contributed by atoms with Gasteiger partial charge in [-0.15, -0.1) is 4.99 Å². The van der Waals surface area contributed by atoms with Crippen LogP contribution in [0.15, 0.2) is 17.1 Å². The number of nitrogens with one attached hydrogen (secondary N) is 1. The Morgan fingerprint density at radius 1 is 1.17 bits per heavy atom. The van der Waals surface area contributed by atoms with E-state index in [4.69, 9.17) is 9.47 Å². The van der Waals surface area contributed by atoms with Gasteiger partial charge in [0.25, 0.3) is 5.95 Å². The van der Waals surface area contributed by atoms with Crippen LogP contribution in [0.2, 0.25) is 0 Å². The summed E-state index contributed by atoms with van der Waals surface area (Å²) in [5, 5.41) is 4.13. The molecule has 0 atom stereocenters. The van der Waals surface area contributed by atoms with Crippen LogP contribution in [-0.2, 0) is 4.79 Å². The molecule has 1 aromatic heterocycles. The van der Waals surface area contributed by atoms with E-state index in [1.54, 1.807) is 20.3 Å². The molecule has 1 aromatic carbocycles. The molecule has 2 heterocycles. The number of rotatable bonds is 4. The third-order valence-electron chi connectivity index (χ3n) is 3.73. The molecule has 0 saturated carbocycles. The number of nitrogens with zero attached hydrogens (tertiary/aromatic N) is 4. The average molecular weight is 315 g/mol. The molecule has 0 unspecified atom stereocenters. The summed E-state index contributed by atoms with van der Waals surface area (Å²) in [5.41, 5.74) is 0.639. The van der Waals surface area contributed by atoms with E-state index in [9.17, 15) is 4.79 Å². The molecule has 120 valence electrons. The number of fused-ring (bicyclic) bond motifs is 1. The summed E-state index contributed by atoms with van der Waals surface area (Å²) in [5.74, 6) is 1.98. The van der Waals surface area contributed by atoms with E-state index in [1.165, 1.54) is 6.08 Å². The topological polar surface area (TPSA) is 88.9 Å². The number of hydrogen-bond donors (Lipinski definition) is 1. The largest absolute Gasteiger partial charge is 0.493 e. The Balaban J connectivity index is 2.23. The highest BCUT2D eigenvalue weighted by molar-refractivity contribution is 5.93. The lowest BCUT2D eigenvalue weighted by molar-refractivity contribution is 0.356. The van der Waals surface area contributed by atoms with Gasteiger partial charge in [0.2, 0.25) is 6.08 Å². The van der Waals surface area contributed by atoms with Crippen LogP contribution in [0.5, 0.6) is 11.5 Å². The summed E-state index contributed by atoms with van der Waals surface area (Å²) in [7, 11) is 3.15. The maximum Gasteiger partial charge on any atom is 0.263 e. The molecule has 3 rings (SSSR count). The fraction of sp³-hybridized carbons (Fsp3) is 0.400. The van der Waals surface area contributed by atoms with Gasteiger partial charge in [0.1, 0.15) is 5.82 Å². The van der Waals surface area contributed by atoms with Gasteiger partial charge in [0.15, 0.2) is 11.5 Å². The molecule has 1 aliphatic rings. The number of benzene rings is 1. The molecular weight excluding hydrogens is 298 g/mol. The molecule has 0 amide bonds. The van der Waals surface area contributed by atoms with Crippen LogP contribution in [0.4, 0.5) is 11.8 Å². The van der Waals surface area contributed by atoms with Crippen LogP contribution in [0.25, 0.3) is 10.9 Å². The normalized spacial score (nSPS) is 14.4. The lowest BCUT2D eigenvalue weighted by atomic mass is 10.2. The fourth-order valence-electron chi connectivity index (χ4n) is 2.64. The second-order valence-electron chi connectivity index (χ2n) is 5.01. The highest BCUT2D eigenvalue weighted by Crippen LogP contribution is 2.36. The highest BCUT2D eigenvalue weighted by atomic mass is 16.5. The number of aromatic nitrogens is 2. The van der Waals surface area contributed by atoms with Crippen LogP contribution in [0, 0.1) is 0 Å². The van der Waals surface area contributed by atoms with Crippen molar-refractivity contribution >= 4 is 28.7 Å². The van der Waals surface area contributed by atoms with Gasteiger partial charge in [-0.25, -0.2) is 9.78 Å². The molecule has 8 heteroatoms. The number of isocyanates is 1. The van der Waals surface area contributed by atoms with E-state index >= 15 is 0 Å². The lowest BCUT2D eigenvalue weighted by Gasteiger charge is -2.29. The summed E-state index contributed by atoms with van der Waals surface area (Å²) < 4.78 is 10.7. The monoisotopic (exact) mass is 315 g/mol. The fourth-order valence-corrected chi connectivity index (χ4v) is 2.64. The Labute approximate surface area is 133 Å². The van der Waals surface area contributed by atoms with Crippen LogP contribution in [0.3, 0.4) is 0 Å². The number of aliphatic imine (C=N–C) groups is 1. The summed E-state index contributed by atoms with van der Waals surface area (Å²) in [4.78, 5) is 25.0. The van der Waals surface area contributed by atoms with Gasteiger partial charge in [-0.2, -0.15) is 4.98 Å². The Bertz CT molecular complexity index is 767. The van der Waals surface area contributed by atoms with Crippen LogP contribution in [-0.4, -0.2) is 56.4 Å². The van der Waals surface area contributed by atoms with E-state index in [1.807, 2.05) is 6.07 Å². The predicted octanol–water partition coefficient (Wildman–Crippen LogP) is 1.02. The Hall–Kier alpha value is -2.70. The van der Waals surface area contributed by atoms with Crippen molar-refractivity contribution in [1.29, 1.82) is 0 Å². The summed E-state index contributed by atoms with van der Waals surface area (Å²) in [6.07, 6.45) is 1.49. The van der Waals surface area contributed by atoms with Crippen LogP contribution >= 0.6 is 0 Å².